The van der Waals surface area contributed by atoms with E-state index in [1.54, 1.807) is 13.3 Å². The van der Waals surface area contributed by atoms with Crippen molar-refractivity contribution in [3.63, 3.8) is 0 Å². The largest absolute Gasteiger partial charge is 0.226 e. The molecule has 0 aromatic rings. The molecule has 0 amide bonds. The highest BCUT2D eigenvalue weighted by Crippen LogP contribution is 1.72. The first-order valence-electron chi connectivity index (χ1n) is 2.00. The lowest BCUT2D eigenvalue weighted by Crippen LogP contribution is -1.99. The smallest absolute Gasteiger partial charge is 0.0391 e. The van der Waals surface area contributed by atoms with E-state index in [9.17, 15) is 0 Å². The van der Waals surface area contributed by atoms with Gasteiger partial charge in [-0.15, -0.1) is 0 Å². The molecular formula is C5H8N2. The van der Waals surface area contributed by atoms with E-state index in [1.807, 2.05) is 6.92 Å². The van der Waals surface area contributed by atoms with Gasteiger partial charge in [-0.1, -0.05) is 6.42 Å². The van der Waals surface area contributed by atoms with Crippen LogP contribution in [0.5, 0.6) is 0 Å². The SMILES string of the molecule is C#CN(C)/N=C\C. The predicted molar refractivity (Wildman–Crippen MR) is 30.8 cm³/mol. The molecule has 0 fully saturated rings. The second kappa shape index (κ2) is 3.23. The van der Waals surface area contributed by atoms with Crippen molar-refractivity contribution >= 4 is 6.21 Å². The zero-order valence-electron chi connectivity index (χ0n) is 4.55. The van der Waals surface area contributed by atoms with E-state index in [4.69, 9.17) is 6.42 Å². The molecule has 38 valence electrons. The van der Waals surface area contributed by atoms with Gasteiger partial charge in [-0.3, -0.25) is 0 Å². The van der Waals surface area contributed by atoms with Crippen molar-refractivity contribution in [2.24, 2.45) is 5.10 Å². The molecule has 0 heterocycles. The molecule has 0 aliphatic heterocycles. The molecule has 0 atom stereocenters. The van der Waals surface area contributed by atoms with Gasteiger partial charge in [0.2, 0.25) is 0 Å². The van der Waals surface area contributed by atoms with Gasteiger partial charge in [0, 0.05) is 19.3 Å². The van der Waals surface area contributed by atoms with Crippen LogP contribution in [0.3, 0.4) is 0 Å². The highest BCUT2D eigenvalue weighted by atomic mass is 15.4. The second-order valence-corrected chi connectivity index (χ2v) is 1.03. The van der Waals surface area contributed by atoms with E-state index in [1.165, 1.54) is 5.01 Å². The third-order valence-electron chi connectivity index (χ3n) is 0.476. The van der Waals surface area contributed by atoms with Gasteiger partial charge in [0.25, 0.3) is 0 Å². The quantitative estimate of drug-likeness (QED) is 0.201. The van der Waals surface area contributed by atoms with Gasteiger partial charge in [-0.25, -0.2) is 5.01 Å². The maximum atomic E-state index is 4.92. The summed E-state index contributed by atoms with van der Waals surface area (Å²) < 4.78 is 0. The van der Waals surface area contributed by atoms with Gasteiger partial charge in [0.15, 0.2) is 0 Å². The van der Waals surface area contributed by atoms with Crippen LogP contribution in [-0.4, -0.2) is 18.3 Å². The van der Waals surface area contributed by atoms with Crippen LogP contribution in [0.2, 0.25) is 0 Å². The van der Waals surface area contributed by atoms with Gasteiger partial charge in [-0.2, -0.15) is 5.10 Å². The van der Waals surface area contributed by atoms with E-state index in [0.29, 0.717) is 0 Å². The van der Waals surface area contributed by atoms with Gasteiger partial charge in [0.1, 0.15) is 0 Å². The van der Waals surface area contributed by atoms with Crippen molar-refractivity contribution in [2.75, 3.05) is 7.05 Å². The Labute approximate surface area is 43.8 Å². The number of rotatable bonds is 1. The lowest BCUT2D eigenvalue weighted by atomic mass is 10.9. The maximum absolute atomic E-state index is 4.92. The second-order valence-electron chi connectivity index (χ2n) is 1.03. The first kappa shape index (κ1) is 6.03. The lowest BCUT2D eigenvalue weighted by molar-refractivity contribution is 0.523. The zero-order chi connectivity index (χ0) is 5.70. The summed E-state index contributed by atoms with van der Waals surface area (Å²) in [6.45, 7) is 1.81. The van der Waals surface area contributed by atoms with Crippen LogP contribution in [-0.2, 0) is 0 Å². The van der Waals surface area contributed by atoms with Crippen molar-refractivity contribution in [1.29, 1.82) is 0 Å². The van der Waals surface area contributed by atoms with E-state index in [0.717, 1.165) is 0 Å². The van der Waals surface area contributed by atoms with Crippen molar-refractivity contribution in [3.05, 3.63) is 0 Å². The summed E-state index contributed by atoms with van der Waals surface area (Å²) >= 11 is 0. The molecule has 0 aliphatic carbocycles. The summed E-state index contributed by atoms with van der Waals surface area (Å²) in [5.74, 6) is 0. The molecule has 2 nitrogen and oxygen atoms in total. The van der Waals surface area contributed by atoms with E-state index in [2.05, 4.69) is 11.1 Å². The Morgan fingerprint density at radius 3 is 2.57 bits per heavy atom. The van der Waals surface area contributed by atoms with Crippen LogP contribution in [0.25, 0.3) is 0 Å². The number of terminal acetylenes is 1. The van der Waals surface area contributed by atoms with Gasteiger partial charge < -0.3 is 0 Å². The van der Waals surface area contributed by atoms with Gasteiger partial charge in [-0.05, 0) is 6.92 Å². The maximum Gasteiger partial charge on any atom is 0.0391 e. The van der Waals surface area contributed by atoms with Gasteiger partial charge >= 0.3 is 0 Å². The minimum atomic E-state index is 1.40. The third kappa shape index (κ3) is 2.84. The standard InChI is InChI=1S/C5H8N2/c1-4-6-7(3)5-2/h2,4H,1,3H3/b6-4-. The molecule has 0 saturated carbocycles. The van der Waals surface area contributed by atoms with Crippen LogP contribution >= 0.6 is 0 Å². The molecular weight excluding hydrogens is 88.1 g/mol. The van der Waals surface area contributed by atoms with Crippen molar-refractivity contribution in [3.8, 4) is 12.5 Å². The Morgan fingerprint density at radius 1 is 1.86 bits per heavy atom. The Bertz CT molecular complexity index is 99.1. The molecule has 0 spiro atoms. The first-order chi connectivity index (χ1) is 3.31. The van der Waals surface area contributed by atoms with Crippen LogP contribution in [0, 0.1) is 12.5 Å². The highest BCUT2D eigenvalue weighted by Gasteiger charge is 1.72. The average Bonchev–Trinajstić information content (AvgIpc) is 1.68. The number of hydrogen-bond donors (Lipinski definition) is 0. The molecule has 0 bridgehead atoms. The topological polar surface area (TPSA) is 15.6 Å². The number of hydrazone groups is 1. The fourth-order valence-electron chi connectivity index (χ4n) is 0.207. The summed E-state index contributed by atoms with van der Waals surface area (Å²) in [7, 11) is 1.71. The Kier molecular flexibility index (Phi) is 2.78. The predicted octanol–water partition coefficient (Wildman–Crippen LogP) is 0.515. The molecule has 0 aromatic carbocycles. The van der Waals surface area contributed by atoms with E-state index in [-0.39, 0.29) is 0 Å². The van der Waals surface area contributed by atoms with Gasteiger partial charge in [0.05, 0.1) is 0 Å². The van der Waals surface area contributed by atoms with Crippen LogP contribution in [0.15, 0.2) is 5.10 Å². The van der Waals surface area contributed by atoms with E-state index < -0.39 is 0 Å². The monoisotopic (exact) mass is 96.1 g/mol. The molecule has 0 saturated heterocycles. The summed E-state index contributed by atoms with van der Waals surface area (Å²) in [6.07, 6.45) is 6.56. The molecule has 0 aromatic heterocycles. The molecule has 7 heavy (non-hydrogen) atoms. The summed E-state index contributed by atoms with van der Waals surface area (Å²) in [6, 6.07) is 2.30. The van der Waals surface area contributed by atoms with Crippen LogP contribution < -0.4 is 0 Å². The molecule has 0 radical (unpaired) electrons. The fourth-order valence-corrected chi connectivity index (χ4v) is 0.207. The molecule has 2 heteroatoms. The highest BCUT2D eigenvalue weighted by molar-refractivity contribution is 5.52. The van der Waals surface area contributed by atoms with Crippen LogP contribution in [0.4, 0.5) is 0 Å². The molecule has 0 aliphatic rings. The Balaban J connectivity index is 3.42. The minimum Gasteiger partial charge on any atom is -0.226 e. The lowest BCUT2D eigenvalue weighted by Gasteiger charge is -1.97. The summed E-state index contributed by atoms with van der Waals surface area (Å²) in [5.41, 5.74) is 0. The van der Waals surface area contributed by atoms with Crippen LogP contribution in [0.1, 0.15) is 6.92 Å². The number of hydrogen-bond acceptors (Lipinski definition) is 2. The fraction of sp³-hybridized carbons (Fsp3) is 0.400. The first-order valence-corrected chi connectivity index (χ1v) is 2.00. The molecule has 0 rings (SSSR count). The van der Waals surface area contributed by atoms with Crippen molar-refractivity contribution in [1.82, 2.24) is 5.01 Å². The molecule has 0 N–H and O–H groups in total. The summed E-state index contributed by atoms with van der Waals surface area (Å²) in [5, 5.41) is 5.12. The number of nitrogens with zero attached hydrogens (tertiary/aromatic N) is 2. The summed E-state index contributed by atoms with van der Waals surface area (Å²) in [4.78, 5) is 0. The zero-order valence-corrected chi connectivity index (χ0v) is 4.55. The van der Waals surface area contributed by atoms with E-state index >= 15 is 0 Å². The Morgan fingerprint density at radius 2 is 2.43 bits per heavy atom. The van der Waals surface area contributed by atoms with Crippen molar-refractivity contribution < 1.29 is 0 Å². The van der Waals surface area contributed by atoms with Crippen molar-refractivity contribution in [2.45, 2.75) is 6.92 Å². The normalized spacial score (nSPS) is 8.71. The third-order valence-corrected chi connectivity index (χ3v) is 0.476. The Hall–Kier alpha value is -0.970. The molecule has 0 unspecified atom stereocenters. The minimum absolute atomic E-state index is 1.40. The average molecular weight is 96.1 g/mol.